The number of benzene rings is 3. The summed E-state index contributed by atoms with van der Waals surface area (Å²) in [5, 5.41) is 0. The number of aryl methyl sites for hydroxylation is 2. The summed E-state index contributed by atoms with van der Waals surface area (Å²) in [7, 11) is -4.47. The minimum atomic E-state index is -4.47. The molecule has 0 aliphatic rings. The highest BCUT2D eigenvalue weighted by molar-refractivity contribution is 7.85. The molecule has 1 N–H and O–H groups in total. The second kappa shape index (κ2) is 26.5. The van der Waals surface area contributed by atoms with E-state index in [0.29, 0.717) is 29.2 Å². The molecule has 0 saturated carbocycles. The van der Waals surface area contributed by atoms with Crippen LogP contribution in [0.4, 0.5) is 11.4 Å². The van der Waals surface area contributed by atoms with Crippen molar-refractivity contribution in [3.8, 4) is 0 Å². The van der Waals surface area contributed by atoms with Gasteiger partial charge in [0.15, 0.2) is 0 Å². The third-order valence-corrected chi connectivity index (χ3v) is 14.3. The van der Waals surface area contributed by atoms with Gasteiger partial charge in [0.25, 0.3) is 10.1 Å². The normalized spacial score (nSPS) is 14.5. The van der Waals surface area contributed by atoms with Gasteiger partial charge in [0.05, 0.1) is 4.90 Å². The third-order valence-electron chi connectivity index (χ3n) is 13.4. The van der Waals surface area contributed by atoms with Crippen LogP contribution in [0.5, 0.6) is 0 Å². The third kappa shape index (κ3) is 15.5. The van der Waals surface area contributed by atoms with Gasteiger partial charge in [-0.15, -0.1) is 0 Å². The van der Waals surface area contributed by atoms with Crippen molar-refractivity contribution in [3.63, 3.8) is 0 Å². The molecule has 332 valence electrons. The Morgan fingerprint density at radius 1 is 0.508 bits per heavy atom. The van der Waals surface area contributed by atoms with Crippen molar-refractivity contribution >= 4 is 21.5 Å². The van der Waals surface area contributed by atoms with E-state index in [1.165, 1.54) is 125 Å². The first kappa shape index (κ1) is 50.5. The van der Waals surface area contributed by atoms with E-state index in [4.69, 9.17) is 0 Å². The first-order chi connectivity index (χ1) is 28.4. The highest BCUT2D eigenvalue weighted by atomic mass is 32.2. The molecule has 0 saturated heterocycles. The summed E-state index contributed by atoms with van der Waals surface area (Å²) >= 11 is 0. The van der Waals surface area contributed by atoms with E-state index in [0.717, 1.165) is 37.3 Å². The van der Waals surface area contributed by atoms with Gasteiger partial charge >= 0.3 is 0 Å². The van der Waals surface area contributed by atoms with Gasteiger partial charge in [-0.2, -0.15) is 8.42 Å². The molecule has 0 radical (unpaired) electrons. The molecule has 0 amide bonds. The molecule has 4 atom stereocenters. The van der Waals surface area contributed by atoms with Gasteiger partial charge < -0.3 is 9.80 Å². The van der Waals surface area contributed by atoms with E-state index in [9.17, 15) is 13.0 Å². The highest BCUT2D eigenvalue weighted by Crippen LogP contribution is 2.40. The molecule has 0 heterocycles. The Labute approximate surface area is 363 Å². The molecule has 3 aromatic carbocycles. The molecule has 0 aliphatic heterocycles. The SMILES string of the molecule is CCCCC(CC)CN(CC(CC)CCCC)c1ccc(C(c2ccc(N(CC(CC)CCCC)CC(CC)CCCC)c(C)c2)c2ccccc2S(=O)(=O)O)cc1C. The zero-order valence-electron chi connectivity index (χ0n) is 39.4. The van der Waals surface area contributed by atoms with Crippen molar-refractivity contribution in [2.24, 2.45) is 23.7 Å². The molecular formula is C53H86N2O3S. The van der Waals surface area contributed by atoms with E-state index < -0.39 is 10.1 Å². The van der Waals surface area contributed by atoms with Gasteiger partial charge in [0.1, 0.15) is 0 Å². The molecule has 6 heteroatoms. The Kier molecular flexibility index (Phi) is 22.7. The van der Waals surface area contributed by atoms with Crippen molar-refractivity contribution in [1.82, 2.24) is 0 Å². The van der Waals surface area contributed by atoms with E-state index in [1.54, 1.807) is 12.1 Å². The van der Waals surface area contributed by atoms with Crippen LogP contribution in [0, 0.1) is 37.5 Å². The smallest absolute Gasteiger partial charge is 0.294 e. The maximum atomic E-state index is 13.0. The van der Waals surface area contributed by atoms with Crippen LogP contribution in [0.3, 0.4) is 0 Å². The quantitative estimate of drug-likeness (QED) is 0.0536. The molecule has 4 unspecified atom stereocenters. The van der Waals surface area contributed by atoms with Crippen LogP contribution in [0.1, 0.15) is 192 Å². The summed E-state index contributed by atoms with van der Waals surface area (Å²) in [4.78, 5) is 5.33. The van der Waals surface area contributed by atoms with Crippen LogP contribution >= 0.6 is 0 Å². The minimum absolute atomic E-state index is 0.0245. The lowest BCUT2D eigenvalue weighted by atomic mass is 9.83. The topological polar surface area (TPSA) is 60.9 Å². The Morgan fingerprint density at radius 3 is 1.14 bits per heavy atom. The molecule has 3 rings (SSSR count). The van der Waals surface area contributed by atoms with Crippen LogP contribution in [-0.4, -0.2) is 39.1 Å². The van der Waals surface area contributed by atoms with Crippen molar-refractivity contribution < 1.29 is 13.0 Å². The van der Waals surface area contributed by atoms with Crippen LogP contribution in [0.25, 0.3) is 0 Å². The van der Waals surface area contributed by atoms with E-state index in [-0.39, 0.29) is 10.8 Å². The molecule has 0 aromatic heterocycles. The molecule has 0 bridgehead atoms. The van der Waals surface area contributed by atoms with Crippen molar-refractivity contribution in [1.29, 1.82) is 0 Å². The highest BCUT2D eigenvalue weighted by Gasteiger charge is 2.28. The Morgan fingerprint density at radius 2 is 0.847 bits per heavy atom. The molecule has 0 aliphatic carbocycles. The van der Waals surface area contributed by atoms with Gasteiger partial charge in [-0.05, 0) is 109 Å². The second-order valence-corrected chi connectivity index (χ2v) is 19.4. The standard InChI is InChI=1S/C53H86N2O3S/c1-11-19-25-43(15-5)37-54(38-44(16-6)26-20-12-2)50-33-31-47(35-41(50)9)53(49-29-23-24-30-52(49)59(56,57)58)48-32-34-51(42(10)36-48)55(39-45(17-7)27-21-13-3)40-46(18-8)28-22-14-4/h23-24,29-36,43-46,53H,11-22,25-28,37-40H2,1-10H3,(H,56,57,58). The number of anilines is 2. The lowest BCUT2D eigenvalue weighted by molar-refractivity contribution is 0.403. The first-order valence-electron chi connectivity index (χ1n) is 24.2. The van der Waals surface area contributed by atoms with Crippen LogP contribution in [0.2, 0.25) is 0 Å². The van der Waals surface area contributed by atoms with Gasteiger partial charge in [-0.1, -0.05) is 175 Å². The molecule has 0 fully saturated rings. The van der Waals surface area contributed by atoms with E-state index in [1.807, 2.05) is 12.1 Å². The Bertz CT molecular complexity index is 1610. The number of hydrogen-bond donors (Lipinski definition) is 1. The van der Waals surface area contributed by atoms with Crippen molar-refractivity contribution in [2.75, 3.05) is 36.0 Å². The second-order valence-electron chi connectivity index (χ2n) is 18.0. The number of hydrogen-bond acceptors (Lipinski definition) is 4. The average Bonchev–Trinajstić information content (AvgIpc) is 3.22. The van der Waals surface area contributed by atoms with Crippen LogP contribution in [-0.2, 0) is 10.1 Å². The predicted molar refractivity (Wildman–Crippen MR) is 257 cm³/mol. The van der Waals surface area contributed by atoms with Crippen molar-refractivity contribution in [2.45, 2.75) is 183 Å². The van der Waals surface area contributed by atoms with Gasteiger partial charge in [-0.3, -0.25) is 4.55 Å². The summed E-state index contributed by atoms with van der Waals surface area (Å²) in [6.45, 7) is 27.2. The zero-order valence-corrected chi connectivity index (χ0v) is 40.2. The van der Waals surface area contributed by atoms with Crippen molar-refractivity contribution in [3.05, 3.63) is 88.5 Å². The molecular weight excluding hydrogens is 745 g/mol. The molecule has 5 nitrogen and oxygen atoms in total. The van der Waals surface area contributed by atoms with E-state index in [2.05, 4.69) is 115 Å². The van der Waals surface area contributed by atoms with Crippen LogP contribution < -0.4 is 9.80 Å². The molecule has 59 heavy (non-hydrogen) atoms. The Balaban J connectivity index is 2.21. The van der Waals surface area contributed by atoms with Gasteiger partial charge in [-0.25, -0.2) is 0 Å². The maximum Gasteiger partial charge on any atom is 0.294 e. The number of rotatable bonds is 30. The van der Waals surface area contributed by atoms with E-state index >= 15 is 0 Å². The monoisotopic (exact) mass is 831 g/mol. The number of nitrogens with zero attached hydrogens (tertiary/aromatic N) is 2. The maximum absolute atomic E-state index is 13.0. The molecule has 3 aromatic rings. The Hall–Kier alpha value is -2.83. The molecule has 0 spiro atoms. The van der Waals surface area contributed by atoms with Gasteiger partial charge in [0.2, 0.25) is 0 Å². The zero-order chi connectivity index (χ0) is 43.4. The lowest BCUT2D eigenvalue weighted by Gasteiger charge is -2.34. The summed E-state index contributed by atoms with van der Waals surface area (Å²) in [5.41, 5.74) is 7.67. The fourth-order valence-corrected chi connectivity index (χ4v) is 10.1. The largest absolute Gasteiger partial charge is 0.371 e. The summed E-state index contributed by atoms with van der Waals surface area (Å²) in [6, 6.07) is 20.7. The summed E-state index contributed by atoms with van der Waals surface area (Å²) < 4.78 is 36.6. The first-order valence-corrected chi connectivity index (χ1v) is 25.6. The average molecular weight is 831 g/mol. The summed E-state index contributed by atoms with van der Waals surface area (Å²) in [6.07, 6.45) is 19.7. The number of unbranched alkanes of at least 4 members (excludes halogenated alkanes) is 4. The fraction of sp³-hybridized carbons (Fsp3) is 0.660. The predicted octanol–water partition coefficient (Wildman–Crippen LogP) is 15.2. The summed E-state index contributed by atoms with van der Waals surface area (Å²) in [5.74, 6) is 2.20. The fourth-order valence-electron chi connectivity index (χ4n) is 9.39. The lowest BCUT2D eigenvalue weighted by Crippen LogP contribution is -2.34. The minimum Gasteiger partial charge on any atom is -0.371 e. The van der Waals surface area contributed by atoms with Crippen LogP contribution in [0.15, 0.2) is 65.6 Å². The van der Waals surface area contributed by atoms with Gasteiger partial charge in [0, 0.05) is 43.5 Å².